The number of hydrogen-bond donors (Lipinski definition) is 1. The Morgan fingerprint density at radius 3 is 2.11 bits per heavy atom. The van der Waals surface area contributed by atoms with Gasteiger partial charge in [0.05, 0.1) is 0 Å². The molecule has 27 heavy (non-hydrogen) atoms. The van der Waals surface area contributed by atoms with Crippen LogP contribution in [0.15, 0.2) is 84.9 Å². The number of rotatable bonds is 5. The molecule has 0 bridgehead atoms. The second-order valence-corrected chi connectivity index (χ2v) is 6.99. The molecule has 3 nitrogen and oxygen atoms in total. The van der Waals surface area contributed by atoms with Crippen LogP contribution in [0, 0.1) is 0 Å². The molecule has 4 rings (SSSR count). The number of benzene rings is 3. The summed E-state index contributed by atoms with van der Waals surface area (Å²) >= 11 is 0. The van der Waals surface area contributed by atoms with Crippen molar-refractivity contribution in [3.63, 3.8) is 0 Å². The van der Waals surface area contributed by atoms with Gasteiger partial charge in [-0.2, -0.15) is 0 Å². The zero-order valence-corrected chi connectivity index (χ0v) is 15.2. The molecule has 0 saturated carbocycles. The van der Waals surface area contributed by atoms with E-state index in [4.69, 9.17) is 0 Å². The van der Waals surface area contributed by atoms with E-state index >= 15 is 0 Å². The first kappa shape index (κ1) is 17.2. The van der Waals surface area contributed by atoms with Crippen molar-refractivity contribution in [3.8, 4) is 0 Å². The Kier molecular flexibility index (Phi) is 4.36. The molecule has 0 aliphatic carbocycles. The van der Waals surface area contributed by atoms with Crippen molar-refractivity contribution in [2.24, 2.45) is 0 Å². The highest BCUT2D eigenvalue weighted by Crippen LogP contribution is 2.51. The summed E-state index contributed by atoms with van der Waals surface area (Å²) in [5.41, 5.74) is 2.56. The van der Waals surface area contributed by atoms with Crippen LogP contribution in [0.25, 0.3) is 0 Å². The third-order valence-corrected chi connectivity index (χ3v) is 5.46. The maximum Gasteiger partial charge on any atom is 0.163 e. The highest BCUT2D eigenvalue weighted by Gasteiger charge is 2.51. The van der Waals surface area contributed by atoms with Crippen LogP contribution >= 0.6 is 0 Å². The van der Waals surface area contributed by atoms with Crippen molar-refractivity contribution < 1.29 is 9.59 Å². The summed E-state index contributed by atoms with van der Waals surface area (Å²) < 4.78 is 0. The van der Waals surface area contributed by atoms with Gasteiger partial charge >= 0.3 is 0 Å². The second-order valence-electron chi connectivity index (χ2n) is 6.99. The number of nitrogens with one attached hydrogen (secondary N) is 1. The molecule has 0 fully saturated rings. The summed E-state index contributed by atoms with van der Waals surface area (Å²) in [4.78, 5) is 26.0. The van der Waals surface area contributed by atoms with Crippen molar-refractivity contribution in [1.82, 2.24) is 0 Å². The molecule has 0 radical (unpaired) electrons. The quantitative estimate of drug-likeness (QED) is 0.659. The van der Waals surface area contributed by atoms with Crippen LogP contribution in [-0.2, 0) is 10.3 Å². The fraction of sp³-hybridized carbons (Fsp3) is 0.167. The number of carbonyl (C=O) groups excluding carboxylic acids is 2. The van der Waals surface area contributed by atoms with Crippen molar-refractivity contribution in [3.05, 3.63) is 102 Å². The molecule has 0 amide bonds. The van der Waals surface area contributed by atoms with Gasteiger partial charge in [0.2, 0.25) is 0 Å². The first-order valence-corrected chi connectivity index (χ1v) is 9.15. The summed E-state index contributed by atoms with van der Waals surface area (Å²) in [5.74, 6) is -0.210. The van der Waals surface area contributed by atoms with E-state index in [1.165, 1.54) is 0 Å². The van der Waals surface area contributed by atoms with Crippen LogP contribution < -0.4 is 5.32 Å². The monoisotopic (exact) mass is 355 g/mol. The molecule has 0 unspecified atom stereocenters. The molecule has 2 atom stereocenters. The lowest BCUT2D eigenvalue weighted by Gasteiger charge is -2.34. The lowest BCUT2D eigenvalue weighted by Crippen LogP contribution is -2.44. The number of fused-ring (bicyclic) bond motifs is 1. The Hall–Kier alpha value is -3.20. The highest BCUT2D eigenvalue weighted by atomic mass is 16.1. The molecule has 1 aliphatic rings. The normalized spacial score (nSPS) is 20.6. The Morgan fingerprint density at radius 2 is 1.44 bits per heavy atom. The van der Waals surface area contributed by atoms with Crippen LogP contribution in [0.5, 0.6) is 0 Å². The average molecular weight is 355 g/mol. The maximum atomic E-state index is 13.0. The molecule has 1 N–H and O–H groups in total. The Balaban J connectivity index is 1.83. The number of ketones is 2. The van der Waals surface area contributed by atoms with Crippen LogP contribution in [-0.4, -0.2) is 11.6 Å². The molecule has 134 valence electrons. The minimum absolute atomic E-state index is 0.00996. The van der Waals surface area contributed by atoms with Gasteiger partial charge < -0.3 is 5.32 Å². The standard InChI is InChI=1S/C24H21NO2/c1-17(26)24(19-12-6-3-7-13-19)21(20-14-8-9-15-22(20)25-24)16-23(27)18-10-4-2-5-11-18/h2-15,21,25H,16H2,1H3/t21-,24-/m1/s1. The smallest absolute Gasteiger partial charge is 0.163 e. The molecule has 0 spiro atoms. The number of Topliss-reactive ketones (excluding diaryl/α,β-unsaturated/α-hetero) is 2. The average Bonchev–Trinajstić information content (AvgIpc) is 3.05. The van der Waals surface area contributed by atoms with E-state index in [0.29, 0.717) is 5.56 Å². The lowest BCUT2D eigenvalue weighted by atomic mass is 9.72. The van der Waals surface area contributed by atoms with Gasteiger partial charge in [0.25, 0.3) is 0 Å². The van der Waals surface area contributed by atoms with Crippen LogP contribution in [0.4, 0.5) is 5.69 Å². The van der Waals surface area contributed by atoms with E-state index in [-0.39, 0.29) is 23.9 Å². The van der Waals surface area contributed by atoms with E-state index in [0.717, 1.165) is 16.8 Å². The zero-order valence-electron chi connectivity index (χ0n) is 15.2. The van der Waals surface area contributed by atoms with Gasteiger partial charge in [-0.3, -0.25) is 9.59 Å². The van der Waals surface area contributed by atoms with Crippen molar-refractivity contribution >= 4 is 17.3 Å². The molecule has 3 aromatic carbocycles. The SMILES string of the molecule is CC(=O)[C@]1(c2ccccc2)Nc2ccccc2[C@H]1CC(=O)c1ccccc1. The van der Waals surface area contributed by atoms with E-state index in [9.17, 15) is 9.59 Å². The van der Waals surface area contributed by atoms with E-state index in [2.05, 4.69) is 5.32 Å². The summed E-state index contributed by atoms with van der Waals surface area (Å²) in [5, 5.41) is 3.47. The molecular weight excluding hydrogens is 334 g/mol. The Bertz CT molecular complexity index is 982. The van der Waals surface area contributed by atoms with Crippen molar-refractivity contribution in [1.29, 1.82) is 0 Å². The van der Waals surface area contributed by atoms with Gasteiger partial charge in [-0.1, -0.05) is 78.9 Å². The van der Waals surface area contributed by atoms with Crippen molar-refractivity contribution in [2.45, 2.75) is 24.8 Å². The molecule has 3 aromatic rings. The molecular formula is C24H21NO2. The molecule has 0 saturated heterocycles. The maximum absolute atomic E-state index is 13.0. The third kappa shape index (κ3) is 2.85. The lowest BCUT2D eigenvalue weighted by molar-refractivity contribution is -0.122. The van der Waals surface area contributed by atoms with Crippen LogP contribution in [0.1, 0.15) is 40.7 Å². The summed E-state index contributed by atoms with van der Waals surface area (Å²) in [6.07, 6.45) is 0.266. The van der Waals surface area contributed by atoms with Gasteiger partial charge in [0.1, 0.15) is 5.54 Å². The Labute approximate surface area is 159 Å². The summed E-state index contributed by atoms with van der Waals surface area (Å²) in [7, 11) is 0. The van der Waals surface area contributed by atoms with Crippen LogP contribution in [0.2, 0.25) is 0 Å². The molecule has 0 aromatic heterocycles. The minimum Gasteiger partial charge on any atom is -0.368 e. The van der Waals surface area contributed by atoms with Crippen molar-refractivity contribution in [2.75, 3.05) is 5.32 Å². The molecule has 3 heteroatoms. The van der Waals surface area contributed by atoms with E-state index in [1.807, 2.05) is 84.9 Å². The second kappa shape index (κ2) is 6.84. The summed E-state index contributed by atoms with van der Waals surface area (Å²) in [6.45, 7) is 1.60. The fourth-order valence-corrected chi connectivity index (χ4v) is 4.15. The minimum atomic E-state index is -0.935. The predicted molar refractivity (Wildman–Crippen MR) is 107 cm³/mol. The topological polar surface area (TPSA) is 46.2 Å². The van der Waals surface area contributed by atoms with Gasteiger partial charge in [-0.15, -0.1) is 0 Å². The first-order chi connectivity index (χ1) is 13.1. The number of hydrogen-bond acceptors (Lipinski definition) is 3. The van der Waals surface area contributed by atoms with Crippen LogP contribution in [0.3, 0.4) is 0 Å². The fourth-order valence-electron chi connectivity index (χ4n) is 4.15. The summed E-state index contributed by atoms with van der Waals surface area (Å²) in [6, 6.07) is 26.9. The molecule has 1 aliphatic heterocycles. The number of anilines is 1. The largest absolute Gasteiger partial charge is 0.368 e. The van der Waals surface area contributed by atoms with E-state index < -0.39 is 5.54 Å². The zero-order chi connectivity index (χ0) is 18.9. The molecule has 1 heterocycles. The predicted octanol–water partition coefficient (Wildman–Crippen LogP) is 4.95. The van der Waals surface area contributed by atoms with E-state index in [1.54, 1.807) is 6.92 Å². The number of para-hydroxylation sites is 1. The highest BCUT2D eigenvalue weighted by molar-refractivity contribution is 6.00. The number of carbonyl (C=O) groups is 2. The van der Waals surface area contributed by atoms with Gasteiger partial charge in [0, 0.05) is 23.6 Å². The van der Waals surface area contributed by atoms with Gasteiger partial charge in [-0.25, -0.2) is 0 Å². The first-order valence-electron chi connectivity index (χ1n) is 9.15. The van der Waals surface area contributed by atoms with Gasteiger partial charge in [-0.05, 0) is 24.1 Å². The van der Waals surface area contributed by atoms with Gasteiger partial charge in [0.15, 0.2) is 11.6 Å². The third-order valence-electron chi connectivity index (χ3n) is 5.46. The Morgan fingerprint density at radius 1 is 0.852 bits per heavy atom.